The molecule has 1 heterocycles. The van der Waals surface area contributed by atoms with Gasteiger partial charge in [0.1, 0.15) is 0 Å². The summed E-state index contributed by atoms with van der Waals surface area (Å²) < 4.78 is 7.17. The van der Waals surface area contributed by atoms with Crippen molar-refractivity contribution in [1.82, 2.24) is 4.90 Å². The van der Waals surface area contributed by atoms with Crippen molar-refractivity contribution in [2.24, 2.45) is 5.92 Å². The van der Waals surface area contributed by atoms with Gasteiger partial charge in [-0.15, -0.1) is 0 Å². The van der Waals surface area contributed by atoms with E-state index in [4.69, 9.17) is 4.74 Å². The van der Waals surface area contributed by atoms with E-state index in [2.05, 4.69) is 88.4 Å². The number of allylic oxidation sites excluding steroid dienone is 8. The Balaban J connectivity index is 2.32. The molecule has 0 aromatic heterocycles. The van der Waals surface area contributed by atoms with Gasteiger partial charge in [0.25, 0.3) is 0 Å². The van der Waals surface area contributed by atoms with E-state index in [1.165, 1.54) is 186 Å². The SMILES string of the molecule is CCCCC/C=C\C/C=C\CCCCCCCCC1(CCCCCCCC/C=C\C/C=C\CCCCC)OC(CCCN(C)C)CCC1C. The molecule has 2 nitrogen and oxygen atoms in total. The molecular formula is C47H87NO. The largest absolute Gasteiger partial charge is 0.371 e. The van der Waals surface area contributed by atoms with Gasteiger partial charge in [0.15, 0.2) is 0 Å². The zero-order chi connectivity index (χ0) is 35.5. The number of hydrogen-bond acceptors (Lipinski definition) is 2. The minimum Gasteiger partial charge on any atom is -0.371 e. The number of unbranched alkanes of at least 4 members (excludes halogenated alkanes) is 18. The van der Waals surface area contributed by atoms with Crippen LogP contribution in [0.2, 0.25) is 0 Å². The first-order chi connectivity index (χ1) is 24.0. The molecule has 49 heavy (non-hydrogen) atoms. The van der Waals surface area contributed by atoms with Crippen LogP contribution in [-0.2, 0) is 4.74 Å². The van der Waals surface area contributed by atoms with Gasteiger partial charge < -0.3 is 9.64 Å². The van der Waals surface area contributed by atoms with Gasteiger partial charge in [0.2, 0.25) is 0 Å². The van der Waals surface area contributed by atoms with Crippen molar-refractivity contribution < 1.29 is 4.74 Å². The van der Waals surface area contributed by atoms with Crippen LogP contribution in [0.5, 0.6) is 0 Å². The van der Waals surface area contributed by atoms with E-state index in [1.54, 1.807) is 0 Å². The van der Waals surface area contributed by atoms with Crippen LogP contribution in [0.1, 0.15) is 213 Å². The molecule has 0 amide bonds. The van der Waals surface area contributed by atoms with E-state index < -0.39 is 0 Å². The molecule has 2 unspecified atom stereocenters. The smallest absolute Gasteiger partial charge is 0.0711 e. The molecule has 0 radical (unpaired) electrons. The van der Waals surface area contributed by atoms with Crippen molar-refractivity contribution >= 4 is 0 Å². The molecule has 2 atom stereocenters. The Morgan fingerprint density at radius 2 is 0.918 bits per heavy atom. The lowest BCUT2D eigenvalue weighted by Gasteiger charge is -2.47. The summed E-state index contributed by atoms with van der Waals surface area (Å²) in [6.45, 7) is 8.25. The van der Waals surface area contributed by atoms with Crippen LogP contribution in [0.3, 0.4) is 0 Å². The van der Waals surface area contributed by atoms with E-state index in [0.717, 1.165) is 12.8 Å². The standard InChI is InChI=1S/C47H87NO/c1-6-8-10-12-14-16-18-20-22-24-26-28-30-32-34-36-42-47(45(3)40-41-46(49-47)39-38-44-48(4)5)43-37-35-33-31-29-27-25-23-21-19-17-15-13-11-9-7-2/h14-17,20-23,45-46H,6-13,18-19,24-44H2,1-5H3/b16-14-,17-15-,22-20-,23-21-. The lowest BCUT2D eigenvalue weighted by atomic mass is 9.74. The second-order valence-corrected chi connectivity index (χ2v) is 15.9. The summed E-state index contributed by atoms with van der Waals surface area (Å²) in [5.41, 5.74) is 0.130. The Kier molecular flexibility index (Phi) is 31.8. The van der Waals surface area contributed by atoms with Crippen LogP contribution in [0.15, 0.2) is 48.6 Å². The topological polar surface area (TPSA) is 12.5 Å². The summed E-state index contributed by atoms with van der Waals surface area (Å²) >= 11 is 0. The highest BCUT2D eigenvalue weighted by Crippen LogP contribution is 2.43. The second kappa shape index (κ2) is 34.0. The van der Waals surface area contributed by atoms with E-state index in [9.17, 15) is 0 Å². The highest BCUT2D eigenvalue weighted by atomic mass is 16.5. The third kappa shape index (κ3) is 27.2. The molecule has 0 aliphatic carbocycles. The fraction of sp³-hybridized carbons (Fsp3) is 0.830. The zero-order valence-corrected chi connectivity index (χ0v) is 34.0. The molecule has 0 spiro atoms. The Morgan fingerprint density at radius 3 is 1.35 bits per heavy atom. The molecule has 1 fully saturated rings. The van der Waals surface area contributed by atoms with Crippen molar-refractivity contribution in [2.75, 3.05) is 20.6 Å². The van der Waals surface area contributed by atoms with E-state index >= 15 is 0 Å². The maximum absolute atomic E-state index is 7.17. The molecule has 1 aliphatic heterocycles. The maximum atomic E-state index is 7.17. The number of rotatable bonds is 34. The first kappa shape index (κ1) is 45.9. The molecule has 0 bridgehead atoms. The molecule has 0 aromatic carbocycles. The first-order valence-electron chi connectivity index (χ1n) is 22.0. The van der Waals surface area contributed by atoms with Crippen LogP contribution in [-0.4, -0.2) is 37.2 Å². The normalized spacial score (nSPS) is 18.4. The Labute approximate surface area is 309 Å². The van der Waals surface area contributed by atoms with Crippen molar-refractivity contribution in [2.45, 2.75) is 225 Å². The molecular weight excluding hydrogens is 595 g/mol. The highest BCUT2D eigenvalue weighted by Gasteiger charge is 2.41. The van der Waals surface area contributed by atoms with Gasteiger partial charge in [-0.1, -0.05) is 159 Å². The third-order valence-electron chi connectivity index (χ3n) is 11.0. The Hall–Kier alpha value is -1.12. The summed E-state index contributed by atoms with van der Waals surface area (Å²) in [5.74, 6) is 0.702. The first-order valence-corrected chi connectivity index (χ1v) is 22.0. The van der Waals surface area contributed by atoms with E-state index in [-0.39, 0.29) is 5.60 Å². The minimum absolute atomic E-state index is 0.130. The number of hydrogen-bond donors (Lipinski definition) is 0. The maximum Gasteiger partial charge on any atom is 0.0711 e. The summed E-state index contributed by atoms with van der Waals surface area (Å²) in [6, 6.07) is 0. The fourth-order valence-electron chi connectivity index (χ4n) is 7.60. The minimum atomic E-state index is 0.130. The summed E-state index contributed by atoms with van der Waals surface area (Å²) in [5, 5.41) is 0. The molecule has 2 heteroatoms. The second-order valence-electron chi connectivity index (χ2n) is 15.9. The van der Waals surface area contributed by atoms with Crippen molar-refractivity contribution in [3.05, 3.63) is 48.6 Å². The molecule has 0 aromatic rings. The summed E-state index contributed by atoms with van der Waals surface area (Å²) in [4.78, 5) is 2.33. The zero-order valence-electron chi connectivity index (χ0n) is 34.0. The van der Waals surface area contributed by atoms with Crippen LogP contribution in [0, 0.1) is 5.92 Å². The van der Waals surface area contributed by atoms with Crippen molar-refractivity contribution in [3.8, 4) is 0 Å². The van der Waals surface area contributed by atoms with Crippen LogP contribution < -0.4 is 0 Å². The van der Waals surface area contributed by atoms with Crippen LogP contribution in [0.4, 0.5) is 0 Å². The lowest BCUT2D eigenvalue weighted by Crippen LogP contribution is -2.47. The molecule has 0 saturated carbocycles. The Bertz CT molecular complexity index is 759. The molecule has 286 valence electrons. The molecule has 1 aliphatic rings. The average Bonchev–Trinajstić information content (AvgIpc) is 3.09. The summed E-state index contributed by atoms with van der Waals surface area (Å²) in [6.07, 6.45) is 58.9. The highest BCUT2D eigenvalue weighted by molar-refractivity contribution is 4.94. The van der Waals surface area contributed by atoms with Crippen molar-refractivity contribution in [3.63, 3.8) is 0 Å². The average molecular weight is 682 g/mol. The van der Waals surface area contributed by atoms with Gasteiger partial charge in [-0.05, 0) is 129 Å². The van der Waals surface area contributed by atoms with Crippen molar-refractivity contribution in [1.29, 1.82) is 0 Å². The fourth-order valence-corrected chi connectivity index (χ4v) is 7.60. The third-order valence-corrected chi connectivity index (χ3v) is 11.0. The quantitative estimate of drug-likeness (QED) is 0.0495. The number of nitrogens with zero attached hydrogens (tertiary/aromatic N) is 1. The van der Waals surface area contributed by atoms with Gasteiger partial charge in [0, 0.05) is 0 Å². The monoisotopic (exact) mass is 682 g/mol. The predicted octanol–water partition coefficient (Wildman–Crippen LogP) is 15.3. The van der Waals surface area contributed by atoms with E-state index in [0.29, 0.717) is 12.0 Å². The molecule has 1 rings (SSSR count). The molecule has 0 N–H and O–H groups in total. The van der Waals surface area contributed by atoms with Gasteiger partial charge >= 0.3 is 0 Å². The van der Waals surface area contributed by atoms with Gasteiger partial charge in [0.05, 0.1) is 11.7 Å². The lowest BCUT2D eigenvalue weighted by molar-refractivity contribution is -0.170. The van der Waals surface area contributed by atoms with Crippen LogP contribution in [0.25, 0.3) is 0 Å². The van der Waals surface area contributed by atoms with Gasteiger partial charge in [-0.2, -0.15) is 0 Å². The number of ether oxygens (including phenoxy) is 1. The molecule has 1 saturated heterocycles. The van der Waals surface area contributed by atoms with Crippen LogP contribution >= 0.6 is 0 Å². The van der Waals surface area contributed by atoms with Gasteiger partial charge in [-0.3, -0.25) is 0 Å². The Morgan fingerprint density at radius 1 is 0.510 bits per heavy atom. The van der Waals surface area contributed by atoms with E-state index in [1.807, 2.05) is 0 Å². The summed E-state index contributed by atoms with van der Waals surface area (Å²) in [7, 11) is 4.40. The van der Waals surface area contributed by atoms with Gasteiger partial charge in [-0.25, -0.2) is 0 Å². The predicted molar refractivity (Wildman–Crippen MR) is 222 cm³/mol.